The van der Waals surface area contributed by atoms with E-state index in [1.807, 2.05) is 30.3 Å². The fraction of sp³-hybridized carbons (Fsp3) is 0.158. The standard InChI is InChI=1S/C19H16F2N4O2/c1-26-14-6-2-12(3-7-14)16-10-17(25-19(24-16)22-11-23-25)13-4-8-15(9-5-13)27-18(20)21/h2-11,17-18H,1H3,(H,22,23,24). The third-order valence-electron chi connectivity index (χ3n) is 4.26. The molecule has 1 unspecified atom stereocenters. The van der Waals surface area contributed by atoms with Crippen LogP contribution in [0.4, 0.5) is 14.7 Å². The van der Waals surface area contributed by atoms with Crippen molar-refractivity contribution in [3.8, 4) is 11.5 Å². The fourth-order valence-corrected chi connectivity index (χ4v) is 2.96. The highest BCUT2D eigenvalue weighted by Crippen LogP contribution is 2.33. The molecule has 0 radical (unpaired) electrons. The maximum absolute atomic E-state index is 12.4. The number of aromatic nitrogens is 3. The first-order chi connectivity index (χ1) is 13.1. The van der Waals surface area contributed by atoms with Crippen LogP contribution in [0.2, 0.25) is 0 Å². The summed E-state index contributed by atoms with van der Waals surface area (Å²) in [5, 5.41) is 7.52. The molecule has 27 heavy (non-hydrogen) atoms. The molecule has 0 amide bonds. The van der Waals surface area contributed by atoms with Crippen LogP contribution in [-0.2, 0) is 0 Å². The number of fused-ring (bicyclic) bond motifs is 1. The van der Waals surface area contributed by atoms with Gasteiger partial charge in [-0.05, 0) is 53.6 Å². The van der Waals surface area contributed by atoms with Crippen molar-refractivity contribution in [3.05, 3.63) is 72.1 Å². The summed E-state index contributed by atoms with van der Waals surface area (Å²) >= 11 is 0. The van der Waals surface area contributed by atoms with Crippen LogP contribution in [0.15, 0.2) is 60.9 Å². The molecule has 2 aromatic carbocycles. The second-order valence-electron chi connectivity index (χ2n) is 5.85. The first-order valence-electron chi connectivity index (χ1n) is 8.21. The molecular weight excluding hydrogens is 354 g/mol. The highest BCUT2D eigenvalue weighted by atomic mass is 19.3. The molecule has 1 aliphatic heterocycles. The molecule has 0 bridgehead atoms. The SMILES string of the molecule is COc1ccc(C2=CC(c3ccc(OC(F)F)cc3)n3ncnc3N2)cc1. The summed E-state index contributed by atoms with van der Waals surface area (Å²) in [6, 6.07) is 13.9. The van der Waals surface area contributed by atoms with Gasteiger partial charge in [-0.3, -0.25) is 0 Å². The Bertz CT molecular complexity index is 953. The molecule has 1 aliphatic rings. The Hall–Kier alpha value is -3.42. The van der Waals surface area contributed by atoms with E-state index in [1.54, 1.807) is 23.9 Å². The highest BCUT2D eigenvalue weighted by molar-refractivity contribution is 5.77. The largest absolute Gasteiger partial charge is 0.497 e. The number of ether oxygens (including phenoxy) is 2. The highest BCUT2D eigenvalue weighted by Gasteiger charge is 2.23. The van der Waals surface area contributed by atoms with E-state index in [9.17, 15) is 8.78 Å². The molecule has 8 heteroatoms. The summed E-state index contributed by atoms with van der Waals surface area (Å²) in [4.78, 5) is 4.25. The third kappa shape index (κ3) is 3.46. The number of benzene rings is 2. The number of nitrogens with one attached hydrogen (secondary N) is 1. The van der Waals surface area contributed by atoms with Crippen LogP contribution < -0.4 is 14.8 Å². The van der Waals surface area contributed by atoms with Crippen LogP contribution in [0.3, 0.4) is 0 Å². The van der Waals surface area contributed by atoms with Gasteiger partial charge in [-0.15, -0.1) is 0 Å². The Balaban J connectivity index is 1.68. The predicted molar refractivity (Wildman–Crippen MR) is 95.8 cm³/mol. The van der Waals surface area contributed by atoms with Gasteiger partial charge in [0, 0.05) is 5.70 Å². The molecule has 138 valence electrons. The van der Waals surface area contributed by atoms with Crippen molar-refractivity contribution in [1.29, 1.82) is 0 Å². The average Bonchev–Trinajstić information content (AvgIpc) is 3.16. The number of halogens is 2. The van der Waals surface area contributed by atoms with Gasteiger partial charge in [-0.25, -0.2) is 4.68 Å². The van der Waals surface area contributed by atoms with Crippen LogP contribution >= 0.6 is 0 Å². The molecule has 6 nitrogen and oxygen atoms in total. The van der Waals surface area contributed by atoms with Crippen molar-refractivity contribution in [1.82, 2.24) is 14.8 Å². The maximum Gasteiger partial charge on any atom is 0.387 e. The molecule has 3 aromatic rings. The Morgan fingerprint density at radius 2 is 1.74 bits per heavy atom. The summed E-state index contributed by atoms with van der Waals surface area (Å²) in [7, 11) is 1.62. The number of allylic oxidation sites excluding steroid dienone is 1. The lowest BCUT2D eigenvalue weighted by Gasteiger charge is -2.24. The number of anilines is 1. The lowest BCUT2D eigenvalue weighted by atomic mass is 10.0. The molecule has 1 aromatic heterocycles. The number of rotatable bonds is 5. The minimum Gasteiger partial charge on any atom is -0.497 e. The molecular formula is C19H16F2N4O2. The quantitative estimate of drug-likeness (QED) is 0.737. The summed E-state index contributed by atoms with van der Waals surface area (Å²) in [6.07, 6.45) is 3.47. The maximum atomic E-state index is 12.4. The molecule has 4 rings (SSSR count). The van der Waals surface area contributed by atoms with Gasteiger partial charge in [0.15, 0.2) is 0 Å². The molecule has 0 saturated heterocycles. The van der Waals surface area contributed by atoms with Crippen molar-refractivity contribution < 1.29 is 18.3 Å². The van der Waals surface area contributed by atoms with E-state index in [0.29, 0.717) is 5.95 Å². The van der Waals surface area contributed by atoms with Crippen LogP contribution in [0, 0.1) is 0 Å². The lowest BCUT2D eigenvalue weighted by molar-refractivity contribution is -0.0498. The zero-order valence-electron chi connectivity index (χ0n) is 14.3. The Kier molecular flexibility index (Phi) is 4.45. The van der Waals surface area contributed by atoms with Crippen molar-refractivity contribution >= 4 is 11.6 Å². The second kappa shape index (κ2) is 7.06. The van der Waals surface area contributed by atoms with Crippen molar-refractivity contribution in [2.75, 3.05) is 12.4 Å². The van der Waals surface area contributed by atoms with Crippen LogP contribution in [0.1, 0.15) is 17.2 Å². The molecule has 0 fully saturated rings. The van der Waals surface area contributed by atoms with Gasteiger partial charge in [0.05, 0.1) is 7.11 Å². The minimum atomic E-state index is -2.85. The minimum absolute atomic E-state index is 0.112. The summed E-state index contributed by atoms with van der Waals surface area (Å²) in [5.74, 6) is 1.48. The van der Waals surface area contributed by atoms with Crippen molar-refractivity contribution in [3.63, 3.8) is 0 Å². The fourth-order valence-electron chi connectivity index (χ4n) is 2.96. The first-order valence-corrected chi connectivity index (χ1v) is 8.21. The Morgan fingerprint density at radius 3 is 2.41 bits per heavy atom. The molecule has 2 heterocycles. The number of alkyl halides is 2. The second-order valence-corrected chi connectivity index (χ2v) is 5.85. The van der Waals surface area contributed by atoms with E-state index in [-0.39, 0.29) is 11.8 Å². The number of methoxy groups -OCH3 is 1. The van der Waals surface area contributed by atoms with E-state index in [2.05, 4.69) is 20.1 Å². The summed E-state index contributed by atoms with van der Waals surface area (Å²) in [5.41, 5.74) is 2.71. The lowest BCUT2D eigenvalue weighted by Crippen LogP contribution is -2.20. The molecule has 0 saturated carbocycles. The zero-order valence-corrected chi connectivity index (χ0v) is 14.3. The van der Waals surface area contributed by atoms with Gasteiger partial charge in [-0.1, -0.05) is 12.1 Å². The van der Waals surface area contributed by atoms with E-state index < -0.39 is 6.61 Å². The third-order valence-corrected chi connectivity index (χ3v) is 4.26. The summed E-state index contributed by atoms with van der Waals surface area (Å²) < 4.78 is 36.1. The molecule has 0 aliphatic carbocycles. The van der Waals surface area contributed by atoms with Gasteiger partial charge in [-0.2, -0.15) is 18.9 Å². The molecule has 0 spiro atoms. The van der Waals surface area contributed by atoms with Crippen molar-refractivity contribution in [2.24, 2.45) is 0 Å². The number of nitrogens with zero attached hydrogens (tertiary/aromatic N) is 3. The van der Waals surface area contributed by atoms with Crippen LogP contribution in [0.25, 0.3) is 5.70 Å². The molecule has 1 N–H and O–H groups in total. The Labute approximate surface area is 154 Å². The van der Waals surface area contributed by atoms with Gasteiger partial charge in [0.2, 0.25) is 5.95 Å². The van der Waals surface area contributed by atoms with Gasteiger partial charge < -0.3 is 14.8 Å². The van der Waals surface area contributed by atoms with Crippen molar-refractivity contribution in [2.45, 2.75) is 12.7 Å². The van der Waals surface area contributed by atoms with Crippen LogP contribution in [-0.4, -0.2) is 28.5 Å². The van der Waals surface area contributed by atoms with E-state index in [4.69, 9.17) is 4.74 Å². The number of hydrogen-bond donors (Lipinski definition) is 1. The smallest absolute Gasteiger partial charge is 0.387 e. The average molecular weight is 370 g/mol. The van der Waals surface area contributed by atoms with E-state index >= 15 is 0 Å². The van der Waals surface area contributed by atoms with E-state index in [1.165, 1.54) is 18.5 Å². The van der Waals surface area contributed by atoms with Gasteiger partial charge in [0.1, 0.15) is 23.9 Å². The predicted octanol–water partition coefficient (Wildman–Crippen LogP) is 3.94. The monoisotopic (exact) mass is 370 g/mol. The number of hydrogen-bond acceptors (Lipinski definition) is 5. The topological polar surface area (TPSA) is 61.2 Å². The zero-order chi connectivity index (χ0) is 18.8. The van der Waals surface area contributed by atoms with Gasteiger partial charge in [0.25, 0.3) is 0 Å². The van der Waals surface area contributed by atoms with E-state index in [0.717, 1.165) is 22.6 Å². The normalized spacial score (nSPS) is 15.7. The summed E-state index contributed by atoms with van der Waals surface area (Å²) in [6.45, 7) is -2.85. The Morgan fingerprint density at radius 1 is 1.04 bits per heavy atom. The molecule has 1 atom stereocenters. The van der Waals surface area contributed by atoms with Crippen LogP contribution in [0.5, 0.6) is 11.5 Å². The first kappa shape index (κ1) is 17.0. The van der Waals surface area contributed by atoms with Gasteiger partial charge >= 0.3 is 6.61 Å².